The monoisotopic (exact) mass is 257 g/mol. The second-order valence-electron chi connectivity index (χ2n) is 4.87. The van der Waals surface area contributed by atoms with E-state index in [1.165, 1.54) is 5.56 Å². The zero-order valence-electron chi connectivity index (χ0n) is 11.4. The molecule has 0 unspecified atom stereocenters. The minimum Gasteiger partial charge on any atom is -0.398 e. The summed E-state index contributed by atoms with van der Waals surface area (Å²) in [5.41, 5.74) is 10.1. The Kier molecular flexibility index (Phi) is 3.15. The molecule has 0 fully saturated rings. The van der Waals surface area contributed by atoms with Gasteiger partial charge in [0, 0.05) is 22.2 Å². The van der Waals surface area contributed by atoms with Crippen LogP contribution in [0.15, 0.2) is 60.7 Å². The molecule has 3 rings (SSSR count). The number of benzene rings is 3. The molecular formula is C19H15N. The molecule has 0 spiro atoms. The van der Waals surface area contributed by atoms with Gasteiger partial charge in [-0.25, -0.2) is 0 Å². The SMILES string of the molecule is Cc1ccc(C#Cc2cccc3cccc(N)c23)cc1. The Bertz CT molecular complexity index is 812. The molecule has 1 nitrogen and oxygen atoms in total. The predicted molar refractivity (Wildman–Crippen MR) is 85.5 cm³/mol. The molecule has 20 heavy (non-hydrogen) atoms. The molecule has 1 heteroatoms. The maximum atomic E-state index is 6.08. The molecule has 0 heterocycles. The summed E-state index contributed by atoms with van der Waals surface area (Å²) in [6.45, 7) is 2.07. The van der Waals surface area contributed by atoms with E-state index in [1.807, 2.05) is 36.4 Å². The van der Waals surface area contributed by atoms with Crippen molar-refractivity contribution in [3.05, 3.63) is 77.4 Å². The largest absolute Gasteiger partial charge is 0.398 e. The van der Waals surface area contributed by atoms with Crippen molar-refractivity contribution < 1.29 is 0 Å². The number of fused-ring (bicyclic) bond motifs is 1. The summed E-state index contributed by atoms with van der Waals surface area (Å²) >= 11 is 0. The van der Waals surface area contributed by atoms with Crippen molar-refractivity contribution >= 4 is 16.5 Å². The number of rotatable bonds is 0. The lowest BCUT2D eigenvalue weighted by molar-refractivity contribution is 1.46. The van der Waals surface area contributed by atoms with Gasteiger partial charge in [-0.05, 0) is 36.6 Å². The first-order valence-electron chi connectivity index (χ1n) is 6.60. The van der Waals surface area contributed by atoms with Crippen LogP contribution in [0.3, 0.4) is 0 Å². The molecule has 96 valence electrons. The molecule has 0 aliphatic heterocycles. The summed E-state index contributed by atoms with van der Waals surface area (Å²) in [7, 11) is 0. The van der Waals surface area contributed by atoms with E-state index in [0.29, 0.717) is 0 Å². The predicted octanol–water partition coefficient (Wildman–Crippen LogP) is 4.13. The van der Waals surface area contributed by atoms with Crippen LogP contribution in [0.25, 0.3) is 10.8 Å². The lowest BCUT2D eigenvalue weighted by atomic mass is 10.0. The third-order valence-corrected chi connectivity index (χ3v) is 3.33. The van der Waals surface area contributed by atoms with Gasteiger partial charge in [-0.1, -0.05) is 53.8 Å². The van der Waals surface area contributed by atoms with Crippen molar-refractivity contribution in [1.82, 2.24) is 0 Å². The van der Waals surface area contributed by atoms with Crippen LogP contribution < -0.4 is 5.73 Å². The van der Waals surface area contributed by atoms with Crippen molar-refractivity contribution in [3.63, 3.8) is 0 Å². The fourth-order valence-electron chi connectivity index (χ4n) is 2.25. The third kappa shape index (κ3) is 2.37. The summed E-state index contributed by atoms with van der Waals surface area (Å²) < 4.78 is 0. The molecule has 0 radical (unpaired) electrons. The minimum absolute atomic E-state index is 0.774. The number of hydrogen-bond acceptors (Lipinski definition) is 1. The second-order valence-corrected chi connectivity index (χ2v) is 4.87. The van der Waals surface area contributed by atoms with Crippen LogP contribution in [-0.4, -0.2) is 0 Å². The van der Waals surface area contributed by atoms with Gasteiger partial charge in [0.1, 0.15) is 0 Å². The highest BCUT2D eigenvalue weighted by Crippen LogP contribution is 2.24. The highest BCUT2D eigenvalue weighted by atomic mass is 14.5. The van der Waals surface area contributed by atoms with Gasteiger partial charge in [0.05, 0.1) is 0 Å². The smallest absolute Gasteiger partial charge is 0.0406 e. The Balaban J connectivity index is 2.10. The van der Waals surface area contributed by atoms with E-state index in [4.69, 9.17) is 5.73 Å². The van der Waals surface area contributed by atoms with Gasteiger partial charge >= 0.3 is 0 Å². The molecule has 0 amide bonds. The minimum atomic E-state index is 0.774. The van der Waals surface area contributed by atoms with E-state index in [2.05, 4.69) is 43.0 Å². The van der Waals surface area contributed by atoms with Gasteiger partial charge in [0.25, 0.3) is 0 Å². The molecule has 0 aliphatic rings. The van der Waals surface area contributed by atoms with Gasteiger partial charge in [0.2, 0.25) is 0 Å². The first-order valence-corrected chi connectivity index (χ1v) is 6.60. The molecule has 3 aromatic rings. The van der Waals surface area contributed by atoms with Crippen molar-refractivity contribution in [2.45, 2.75) is 6.92 Å². The lowest BCUT2D eigenvalue weighted by Gasteiger charge is -2.03. The molecule has 0 aliphatic carbocycles. The molecule has 0 bridgehead atoms. The highest BCUT2D eigenvalue weighted by molar-refractivity contribution is 5.97. The molecule has 3 aromatic carbocycles. The van der Waals surface area contributed by atoms with E-state index in [9.17, 15) is 0 Å². The van der Waals surface area contributed by atoms with Crippen LogP contribution in [0, 0.1) is 18.8 Å². The normalized spacial score (nSPS) is 10.1. The molecule has 0 aromatic heterocycles. The van der Waals surface area contributed by atoms with Crippen LogP contribution in [-0.2, 0) is 0 Å². The third-order valence-electron chi connectivity index (χ3n) is 3.33. The lowest BCUT2D eigenvalue weighted by Crippen LogP contribution is -1.89. The molecular weight excluding hydrogens is 242 g/mol. The number of nitrogens with two attached hydrogens (primary N) is 1. The fourth-order valence-corrected chi connectivity index (χ4v) is 2.25. The van der Waals surface area contributed by atoms with E-state index < -0.39 is 0 Å². The zero-order chi connectivity index (χ0) is 13.9. The first kappa shape index (κ1) is 12.3. The van der Waals surface area contributed by atoms with Gasteiger partial charge < -0.3 is 5.73 Å². The number of hydrogen-bond donors (Lipinski definition) is 1. The number of aryl methyl sites for hydroxylation is 1. The van der Waals surface area contributed by atoms with Crippen molar-refractivity contribution in [1.29, 1.82) is 0 Å². The van der Waals surface area contributed by atoms with E-state index in [1.54, 1.807) is 0 Å². The summed E-state index contributed by atoms with van der Waals surface area (Å²) in [6, 6.07) is 20.2. The van der Waals surface area contributed by atoms with E-state index in [0.717, 1.165) is 27.6 Å². The van der Waals surface area contributed by atoms with Gasteiger partial charge in [-0.3, -0.25) is 0 Å². The summed E-state index contributed by atoms with van der Waals surface area (Å²) in [4.78, 5) is 0. The standard InChI is InChI=1S/C19H15N/c1-14-8-10-15(11-9-14)12-13-17-5-2-4-16-6-3-7-18(20)19(16)17/h2-11H,20H2,1H3. The Hall–Kier alpha value is -2.72. The van der Waals surface area contributed by atoms with Gasteiger partial charge in [0.15, 0.2) is 0 Å². The van der Waals surface area contributed by atoms with Crippen LogP contribution in [0.2, 0.25) is 0 Å². The Morgan fingerprint density at radius 2 is 1.50 bits per heavy atom. The van der Waals surface area contributed by atoms with Crippen LogP contribution >= 0.6 is 0 Å². The first-order chi connectivity index (χ1) is 9.74. The van der Waals surface area contributed by atoms with Gasteiger partial charge in [-0.2, -0.15) is 0 Å². The molecule has 0 saturated heterocycles. The Morgan fingerprint density at radius 1 is 0.800 bits per heavy atom. The zero-order valence-corrected chi connectivity index (χ0v) is 11.4. The summed E-state index contributed by atoms with van der Waals surface area (Å²) in [6.07, 6.45) is 0. The fraction of sp³-hybridized carbons (Fsp3) is 0.0526. The van der Waals surface area contributed by atoms with Crippen LogP contribution in [0.4, 0.5) is 5.69 Å². The Morgan fingerprint density at radius 3 is 2.25 bits per heavy atom. The topological polar surface area (TPSA) is 26.0 Å². The average Bonchev–Trinajstić information content (AvgIpc) is 2.47. The average molecular weight is 257 g/mol. The van der Waals surface area contributed by atoms with Crippen molar-refractivity contribution in [3.8, 4) is 11.8 Å². The van der Waals surface area contributed by atoms with Gasteiger partial charge in [-0.15, -0.1) is 0 Å². The second kappa shape index (κ2) is 5.11. The molecule has 2 N–H and O–H groups in total. The number of anilines is 1. The van der Waals surface area contributed by atoms with Crippen molar-refractivity contribution in [2.75, 3.05) is 5.73 Å². The summed E-state index contributed by atoms with van der Waals surface area (Å²) in [5.74, 6) is 6.44. The van der Waals surface area contributed by atoms with Crippen LogP contribution in [0.1, 0.15) is 16.7 Å². The Labute approximate surface area is 119 Å². The molecule has 0 atom stereocenters. The quantitative estimate of drug-likeness (QED) is 0.475. The highest BCUT2D eigenvalue weighted by Gasteiger charge is 2.01. The number of nitrogen functional groups attached to an aromatic ring is 1. The summed E-state index contributed by atoms with van der Waals surface area (Å²) in [5, 5.41) is 2.16. The maximum absolute atomic E-state index is 6.08. The van der Waals surface area contributed by atoms with E-state index in [-0.39, 0.29) is 0 Å². The van der Waals surface area contributed by atoms with Crippen LogP contribution in [0.5, 0.6) is 0 Å². The maximum Gasteiger partial charge on any atom is 0.0406 e. The van der Waals surface area contributed by atoms with Crippen molar-refractivity contribution in [2.24, 2.45) is 0 Å². The molecule has 0 saturated carbocycles. The van der Waals surface area contributed by atoms with E-state index >= 15 is 0 Å².